The standard InChI is InChI=1S/C18H21NO2S/c1-13-8-11-18(14(2)12-13)22(20,21)19-15(3)9-10-16-6-4-5-7-17(16)19/h4-8,11-12,15H,9-10H2,1-3H3/t15-/m0/s1. The molecule has 0 aromatic heterocycles. The van der Waals surface area contributed by atoms with Crippen LogP contribution in [-0.4, -0.2) is 14.5 Å². The van der Waals surface area contributed by atoms with Crippen LogP contribution in [0.2, 0.25) is 0 Å². The number of anilines is 1. The molecule has 116 valence electrons. The molecule has 0 saturated carbocycles. The van der Waals surface area contributed by atoms with Gasteiger partial charge in [-0.25, -0.2) is 8.42 Å². The Morgan fingerprint density at radius 1 is 1.09 bits per heavy atom. The lowest BCUT2D eigenvalue weighted by atomic mass is 9.99. The van der Waals surface area contributed by atoms with Gasteiger partial charge in [0, 0.05) is 6.04 Å². The first-order valence-corrected chi connectivity index (χ1v) is 9.05. The first-order valence-electron chi connectivity index (χ1n) is 7.61. The van der Waals surface area contributed by atoms with E-state index >= 15 is 0 Å². The van der Waals surface area contributed by atoms with Crippen molar-refractivity contribution in [3.05, 3.63) is 59.2 Å². The summed E-state index contributed by atoms with van der Waals surface area (Å²) in [4.78, 5) is 0.404. The number of benzene rings is 2. The summed E-state index contributed by atoms with van der Waals surface area (Å²) >= 11 is 0. The quantitative estimate of drug-likeness (QED) is 0.844. The third kappa shape index (κ3) is 2.41. The molecule has 0 fully saturated rings. The van der Waals surface area contributed by atoms with Crippen LogP contribution >= 0.6 is 0 Å². The van der Waals surface area contributed by atoms with Crippen molar-refractivity contribution in [1.29, 1.82) is 0 Å². The van der Waals surface area contributed by atoms with Crippen LogP contribution in [0.1, 0.15) is 30.0 Å². The maximum atomic E-state index is 13.2. The van der Waals surface area contributed by atoms with Gasteiger partial charge in [-0.15, -0.1) is 0 Å². The maximum absolute atomic E-state index is 13.2. The van der Waals surface area contributed by atoms with Crippen LogP contribution in [0, 0.1) is 13.8 Å². The van der Waals surface area contributed by atoms with E-state index in [1.54, 1.807) is 10.4 Å². The fraction of sp³-hybridized carbons (Fsp3) is 0.333. The minimum Gasteiger partial charge on any atom is -0.263 e. The van der Waals surface area contributed by atoms with Crippen molar-refractivity contribution in [2.45, 2.75) is 44.6 Å². The normalized spacial score (nSPS) is 18.1. The molecular formula is C18H21NO2S. The van der Waals surface area contributed by atoms with Gasteiger partial charge in [-0.3, -0.25) is 4.31 Å². The van der Waals surface area contributed by atoms with E-state index in [0.29, 0.717) is 4.90 Å². The van der Waals surface area contributed by atoms with Crippen LogP contribution in [0.5, 0.6) is 0 Å². The van der Waals surface area contributed by atoms with E-state index in [1.165, 1.54) is 0 Å². The number of nitrogens with zero attached hydrogens (tertiary/aromatic N) is 1. The van der Waals surface area contributed by atoms with E-state index in [4.69, 9.17) is 0 Å². The van der Waals surface area contributed by atoms with Crippen LogP contribution in [0.3, 0.4) is 0 Å². The summed E-state index contributed by atoms with van der Waals surface area (Å²) in [7, 11) is -3.54. The zero-order chi connectivity index (χ0) is 15.9. The Hall–Kier alpha value is -1.81. The van der Waals surface area contributed by atoms with E-state index in [1.807, 2.05) is 57.2 Å². The highest BCUT2D eigenvalue weighted by atomic mass is 32.2. The predicted molar refractivity (Wildman–Crippen MR) is 89.8 cm³/mol. The zero-order valence-electron chi connectivity index (χ0n) is 13.2. The number of para-hydroxylation sites is 1. The molecule has 2 aromatic carbocycles. The molecule has 0 unspecified atom stereocenters. The second kappa shape index (κ2) is 5.43. The highest BCUT2D eigenvalue weighted by molar-refractivity contribution is 7.93. The highest BCUT2D eigenvalue weighted by Gasteiger charge is 2.34. The predicted octanol–water partition coefficient (Wildman–Crippen LogP) is 3.83. The molecule has 0 saturated heterocycles. The molecule has 0 radical (unpaired) electrons. The summed E-state index contributed by atoms with van der Waals surface area (Å²) in [5, 5.41) is 0. The lowest BCUT2D eigenvalue weighted by Gasteiger charge is -2.36. The molecule has 22 heavy (non-hydrogen) atoms. The first kappa shape index (κ1) is 15.1. The van der Waals surface area contributed by atoms with Crippen molar-refractivity contribution < 1.29 is 8.42 Å². The van der Waals surface area contributed by atoms with Gasteiger partial charge in [0.15, 0.2) is 0 Å². The molecule has 2 aromatic rings. The van der Waals surface area contributed by atoms with E-state index in [9.17, 15) is 8.42 Å². The Balaban J connectivity index is 2.16. The Labute approximate surface area is 132 Å². The van der Waals surface area contributed by atoms with Gasteiger partial charge in [-0.2, -0.15) is 0 Å². The van der Waals surface area contributed by atoms with Crippen molar-refractivity contribution in [3.8, 4) is 0 Å². The number of sulfonamides is 1. The molecule has 1 aliphatic heterocycles. The highest BCUT2D eigenvalue weighted by Crippen LogP contribution is 2.35. The number of aryl methyl sites for hydroxylation is 3. The monoisotopic (exact) mass is 315 g/mol. The van der Waals surface area contributed by atoms with Crippen molar-refractivity contribution in [2.75, 3.05) is 4.31 Å². The third-order valence-corrected chi connectivity index (χ3v) is 6.42. The minimum atomic E-state index is -3.54. The van der Waals surface area contributed by atoms with Gasteiger partial charge in [0.2, 0.25) is 0 Å². The molecule has 0 aliphatic carbocycles. The molecule has 1 atom stereocenters. The third-order valence-electron chi connectivity index (χ3n) is 4.33. The Kier molecular flexibility index (Phi) is 3.73. The van der Waals surface area contributed by atoms with Gasteiger partial charge >= 0.3 is 0 Å². The average Bonchev–Trinajstić information content (AvgIpc) is 2.46. The van der Waals surface area contributed by atoms with Crippen molar-refractivity contribution in [1.82, 2.24) is 0 Å². The summed E-state index contributed by atoms with van der Waals surface area (Å²) in [5.41, 5.74) is 3.80. The number of hydrogen-bond donors (Lipinski definition) is 0. The molecule has 4 heteroatoms. The molecule has 0 amide bonds. The summed E-state index contributed by atoms with van der Waals surface area (Å²) in [5.74, 6) is 0. The number of hydrogen-bond acceptors (Lipinski definition) is 2. The molecule has 3 nitrogen and oxygen atoms in total. The zero-order valence-corrected chi connectivity index (χ0v) is 14.0. The average molecular weight is 315 g/mol. The van der Waals surface area contributed by atoms with Gasteiger partial charge in [0.1, 0.15) is 0 Å². The van der Waals surface area contributed by atoms with E-state index in [-0.39, 0.29) is 6.04 Å². The summed E-state index contributed by atoms with van der Waals surface area (Å²) in [6.07, 6.45) is 1.78. The van der Waals surface area contributed by atoms with E-state index < -0.39 is 10.0 Å². The topological polar surface area (TPSA) is 37.4 Å². The van der Waals surface area contributed by atoms with Gasteiger partial charge in [-0.05, 0) is 56.9 Å². The van der Waals surface area contributed by atoms with Crippen molar-refractivity contribution >= 4 is 15.7 Å². The fourth-order valence-corrected chi connectivity index (χ4v) is 5.15. The molecule has 0 spiro atoms. The van der Waals surface area contributed by atoms with Crippen LogP contribution in [0.4, 0.5) is 5.69 Å². The summed E-state index contributed by atoms with van der Waals surface area (Å²) in [6.45, 7) is 5.82. The largest absolute Gasteiger partial charge is 0.264 e. The molecular weight excluding hydrogens is 294 g/mol. The second-order valence-corrected chi connectivity index (χ2v) is 7.87. The van der Waals surface area contributed by atoms with Gasteiger partial charge in [0.25, 0.3) is 10.0 Å². The smallest absolute Gasteiger partial charge is 0.263 e. The Bertz CT molecular complexity index is 812. The van der Waals surface area contributed by atoms with Crippen LogP contribution in [-0.2, 0) is 16.4 Å². The lowest BCUT2D eigenvalue weighted by molar-refractivity contribution is 0.562. The second-order valence-electron chi connectivity index (χ2n) is 6.09. The maximum Gasteiger partial charge on any atom is 0.264 e. The summed E-state index contributed by atoms with van der Waals surface area (Å²) < 4.78 is 28.0. The SMILES string of the molecule is Cc1ccc(S(=O)(=O)N2c3ccccc3CC[C@@H]2C)c(C)c1. The molecule has 1 heterocycles. The van der Waals surface area contributed by atoms with Crippen LogP contribution in [0.25, 0.3) is 0 Å². The number of fused-ring (bicyclic) bond motifs is 1. The van der Waals surface area contributed by atoms with Gasteiger partial charge in [0.05, 0.1) is 10.6 Å². The molecule has 1 aliphatic rings. The fourth-order valence-electron chi connectivity index (χ4n) is 3.22. The molecule has 0 N–H and O–H groups in total. The van der Waals surface area contributed by atoms with Crippen molar-refractivity contribution in [3.63, 3.8) is 0 Å². The Morgan fingerprint density at radius 3 is 2.55 bits per heavy atom. The Morgan fingerprint density at radius 2 is 1.82 bits per heavy atom. The number of rotatable bonds is 2. The van der Waals surface area contributed by atoms with E-state index in [2.05, 4.69) is 0 Å². The van der Waals surface area contributed by atoms with Crippen molar-refractivity contribution in [2.24, 2.45) is 0 Å². The minimum absolute atomic E-state index is 0.0272. The van der Waals surface area contributed by atoms with Gasteiger partial charge in [-0.1, -0.05) is 35.9 Å². The van der Waals surface area contributed by atoms with Crippen LogP contribution in [0.15, 0.2) is 47.4 Å². The first-order chi connectivity index (χ1) is 10.4. The van der Waals surface area contributed by atoms with E-state index in [0.717, 1.165) is 35.2 Å². The lowest BCUT2D eigenvalue weighted by Crippen LogP contribution is -2.42. The molecule has 0 bridgehead atoms. The van der Waals surface area contributed by atoms with Crippen LogP contribution < -0.4 is 4.31 Å². The summed E-state index contributed by atoms with van der Waals surface area (Å²) in [6, 6.07) is 13.3. The van der Waals surface area contributed by atoms with Gasteiger partial charge < -0.3 is 0 Å². The molecule has 3 rings (SSSR count).